The van der Waals surface area contributed by atoms with Gasteiger partial charge in [0.05, 0.1) is 0 Å². The van der Waals surface area contributed by atoms with E-state index in [1.54, 1.807) is 0 Å². The summed E-state index contributed by atoms with van der Waals surface area (Å²) < 4.78 is 4.27. The van der Waals surface area contributed by atoms with E-state index in [-0.39, 0.29) is 0 Å². The summed E-state index contributed by atoms with van der Waals surface area (Å²) in [6.07, 6.45) is 2.10. The van der Waals surface area contributed by atoms with E-state index in [0.717, 1.165) is 16.7 Å². The summed E-state index contributed by atoms with van der Waals surface area (Å²) in [6, 6.07) is 14.8. The lowest BCUT2D eigenvalue weighted by Gasteiger charge is -2.03. The van der Waals surface area contributed by atoms with E-state index >= 15 is 0 Å². The van der Waals surface area contributed by atoms with E-state index in [1.165, 1.54) is 16.6 Å². The van der Waals surface area contributed by atoms with Gasteiger partial charge in [0.1, 0.15) is 16.7 Å². The van der Waals surface area contributed by atoms with Crippen molar-refractivity contribution in [2.24, 2.45) is 0 Å². The minimum Gasteiger partial charge on any atom is -0.305 e. The quantitative estimate of drug-likeness (QED) is 0.346. The SMILES string of the molecule is Cc1cc2c3cccn3c3ccccc3[n+]2nc1C. The van der Waals surface area contributed by atoms with Crippen LogP contribution in [0, 0.1) is 13.8 Å². The number of aryl methyl sites for hydroxylation is 2. The van der Waals surface area contributed by atoms with Crippen LogP contribution in [0.15, 0.2) is 48.7 Å². The Balaban J connectivity index is 2.42. The molecular formula is C16H14N3+. The molecule has 3 heteroatoms. The van der Waals surface area contributed by atoms with Crippen LogP contribution in [0.4, 0.5) is 0 Å². The van der Waals surface area contributed by atoms with Crippen molar-refractivity contribution in [2.75, 3.05) is 0 Å². The molecule has 92 valence electrons. The zero-order chi connectivity index (χ0) is 13.0. The Bertz CT molecular complexity index is 935. The predicted octanol–water partition coefficient (Wildman–Crippen LogP) is 2.84. The average Bonchev–Trinajstić information content (AvgIpc) is 2.91. The van der Waals surface area contributed by atoms with Gasteiger partial charge in [0.15, 0.2) is 0 Å². The van der Waals surface area contributed by atoms with Crippen molar-refractivity contribution in [3.63, 3.8) is 0 Å². The second kappa shape index (κ2) is 3.54. The Morgan fingerprint density at radius 3 is 2.58 bits per heavy atom. The third-order valence-electron chi connectivity index (χ3n) is 3.78. The molecule has 0 spiro atoms. The summed E-state index contributed by atoms with van der Waals surface area (Å²) in [4.78, 5) is 0. The van der Waals surface area contributed by atoms with Gasteiger partial charge >= 0.3 is 0 Å². The first-order chi connectivity index (χ1) is 9.25. The molecule has 0 bridgehead atoms. The molecule has 0 aliphatic heterocycles. The van der Waals surface area contributed by atoms with Crippen molar-refractivity contribution in [1.82, 2.24) is 9.50 Å². The highest BCUT2D eigenvalue weighted by atomic mass is 15.2. The van der Waals surface area contributed by atoms with E-state index in [9.17, 15) is 0 Å². The molecule has 4 rings (SSSR count). The van der Waals surface area contributed by atoms with Crippen molar-refractivity contribution >= 4 is 22.1 Å². The van der Waals surface area contributed by atoms with Crippen LogP contribution in [0.25, 0.3) is 22.1 Å². The van der Waals surface area contributed by atoms with E-state index in [0.29, 0.717) is 0 Å². The third kappa shape index (κ3) is 1.32. The van der Waals surface area contributed by atoms with Crippen LogP contribution in [-0.2, 0) is 0 Å². The van der Waals surface area contributed by atoms with Gasteiger partial charge in [-0.2, -0.15) is 0 Å². The molecule has 0 saturated carbocycles. The number of hydrogen-bond acceptors (Lipinski definition) is 1. The molecule has 3 nitrogen and oxygen atoms in total. The minimum absolute atomic E-state index is 1.07. The van der Waals surface area contributed by atoms with Crippen LogP contribution in [0.3, 0.4) is 0 Å². The maximum Gasteiger partial charge on any atom is 0.262 e. The number of nitrogens with zero attached hydrogens (tertiary/aromatic N) is 3. The smallest absolute Gasteiger partial charge is 0.262 e. The summed E-state index contributed by atoms with van der Waals surface area (Å²) in [5.74, 6) is 0. The van der Waals surface area contributed by atoms with E-state index in [1.807, 2.05) is 4.52 Å². The Hall–Kier alpha value is -2.42. The third-order valence-corrected chi connectivity index (χ3v) is 3.78. The Morgan fingerprint density at radius 2 is 1.68 bits per heavy atom. The first-order valence-electron chi connectivity index (χ1n) is 6.44. The minimum atomic E-state index is 1.07. The molecule has 0 atom stereocenters. The predicted molar refractivity (Wildman–Crippen MR) is 75.3 cm³/mol. The van der Waals surface area contributed by atoms with Gasteiger partial charge in [0, 0.05) is 23.4 Å². The zero-order valence-electron chi connectivity index (χ0n) is 11.0. The van der Waals surface area contributed by atoms with Gasteiger partial charge < -0.3 is 4.40 Å². The van der Waals surface area contributed by atoms with Crippen LogP contribution >= 0.6 is 0 Å². The van der Waals surface area contributed by atoms with E-state index in [4.69, 9.17) is 5.10 Å². The summed E-state index contributed by atoms with van der Waals surface area (Å²) in [5, 5.41) is 4.74. The molecule has 0 fully saturated rings. The summed E-state index contributed by atoms with van der Waals surface area (Å²) >= 11 is 0. The fourth-order valence-corrected chi connectivity index (χ4v) is 2.67. The normalized spacial score (nSPS) is 11.7. The van der Waals surface area contributed by atoms with Crippen molar-refractivity contribution < 1.29 is 4.52 Å². The first-order valence-corrected chi connectivity index (χ1v) is 6.44. The van der Waals surface area contributed by atoms with Gasteiger partial charge in [-0.25, -0.2) is 0 Å². The second-order valence-electron chi connectivity index (χ2n) is 4.96. The van der Waals surface area contributed by atoms with Gasteiger partial charge in [-0.3, -0.25) is 0 Å². The van der Waals surface area contributed by atoms with Crippen molar-refractivity contribution in [3.05, 3.63) is 59.9 Å². The molecule has 0 N–H and O–H groups in total. The Morgan fingerprint density at radius 1 is 0.947 bits per heavy atom. The lowest BCUT2D eigenvalue weighted by atomic mass is 10.2. The second-order valence-corrected chi connectivity index (χ2v) is 4.96. The van der Waals surface area contributed by atoms with Crippen molar-refractivity contribution in [2.45, 2.75) is 13.8 Å². The molecule has 0 aliphatic rings. The summed E-state index contributed by atoms with van der Waals surface area (Å²) in [5.41, 5.74) is 6.93. The topological polar surface area (TPSA) is 21.4 Å². The van der Waals surface area contributed by atoms with Gasteiger partial charge in [-0.15, -0.1) is 0 Å². The average molecular weight is 248 g/mol. The number of hydrogen-bond donors (Lipinski definition) is 0. The highest BCUT2D eigenvalue weighted by Gasteiger charge is 2.18. The fraction of sp³-hybridized carbons (Fsp3) is 0.125. The Labute approximate surface area is 110 Å². The lowest BCUT2D eigenvalue weighted by Crippen LogP contribution is -2.30. The van der Waals surface area contributed by atoms with Crippen molar-refractivity contribution in [1.29, 1.82) is 0 Å². The van der Waals surface area contributed by atoms with Gasteiger partial charge in [-0.05, 0) is 42.1 Å². The molecule has 0 amide bonds. The van der Waals surface area contributed by atoms with E-state index in [2.05, 4.69) is 66.9 Å². The Kier molecular flexibility index (Phi) is 1.96. The molecule has 3 heterocycles. The van der Waals surface area contributed by atoms with Crippen LogP contribution in [-0.4, -0.2) is 9.50 Å². The van der Waals surface area contributed by atoms with Crippen LogP contribution < -0.4 is 4.52 Å². The molecule has 19 heavy (non-hydrogen) atoms. The standard InChI is InChI=1S/C16H14N3/c1-11-10-16-14-8-5-9-18(14)13-6-3-4-7-15(13)19(16)17-12(11)2/h3-10H,1-2H3/q+1. The van der Waals surface area contributed by atoms with Gasteiger partial charge in [-0.1, -0.05) is 12.1 Å². The van der Waals surface area contributed by atoms with Crippen LogP contribution in [0.2, 0.25) is 0 Å². The first kappa shape index (κ1) is 10.5. The molecule has 0 saturated heterocycles. The number of benzene rings is 1. The monoisotopic (exact) mass is 248 g/mol. The van der Waals surface area contributed by atoms with E-state index < -0.39 is 0 Å². The highest BCUT2D eigenvalue weighted by molar-refractivity contribution is 5.83. The number of rotatable bonds is 0. The lowest BCUT2D eigenvalue weighted by molar-refractivity contribution is -0.553. The summed E-state index contributed by atoms with van der Waals surface area (Å²) in [6.45, 7) is 4.16. The zero-order valence-corrected chi connectivity index (χ0v) is 11.0. The number of para-hydroxylation sites is 2. The molecule has 3 aromatic heterocycles. The van der Waals surface area contributed by atoms with Crippen LogP contribution in [0.1, 0.15) is 11.3 Å². The highest BCUT2D eigenvalue weighted by Crippen LogP contribution is 2.19. The maximum atomic E-state index is 4.74. The van der Waals surface area contributed by atoms with Gasteiger partial charge in [0.25, 0.3) is 11.0 Å². The number of fused-ring (bicyclic) bond motifs is 6. The molecule has 0 aliphatic carbocycles. The molecule has 0 radical (unpaired) electrons. The number of aromatic nitrogens is 3. The van der Waals surface area contributed by atoms with Crippen molar-refractivity contribution in [3.8, 4) is 0 Å². The summed E-state index contributed by atoms with van der Waals surface area (Å²) in [7, 11) is 0. The van der Waals surface area contributed by atoms with Crippen LogP contribution in [0.5, 0.6) is 0 Å². The molecule has 4 aromatic rings. The fourth-order valence-electron chi connectivity index (χ4n) is 2.67. The maximum absolute atomic E-state index is 4.74. The molecular weight excluding hydrogens is 234 g/mol. The van der Waals surface area contributed by atoms with Gasteiger partial charge in [0.2, 0.25) is 0 Å². The molecule has 0 unspecified atom stereocenters. The largest absolute Gasteiger partial charge is 0.305 e. The molecule has 1 aromatic carbocycles.